The lowest BCUT2D eigenvalue weighted by Gasteiger charge is -2.08. The Morgan fingerprint density at radius 2 is 1.96 bits per heavy atom. The van der Waals surface area contributed by atoms with Gasteiger partial charge in [-0.3, -0.25) is 14.7 Å². The van der Waals surface area contributed by atoms with E-state index in [4.69, 9.17) is 0 Å². The fourth-order valence-corrected chi connectivity index (χ4v) is 3.17. The highest BCUT2D eigenvalue weighted by Crippen LogP contribution is 2.26. The van der Waals surface area contributed by atoms with E-state index in [1.54, 1.807) is 24.3 Å². The van der Waals surface area contributed by atoms with E-state index in [0.29, 0.717) is 16.7 Å². The zero-order valence-corrected chi connectivity index (χ0v) is 13.5. The van der Waals surface area contributed by atoms with E-state index in [0.717, 1.165) is 11.3 Å². The molecule has 1 aromatic heterocycles. The molecule has 24 heavy (non-hydrogen) atoms. The molecule has 0 bridgehead atoms. The largest absolute Gasteiger partial charge is 0.274 e. The molecule has 0 saturated heterocycles. The quantitative estimate of drug-likeness (QED) is 0.398. The van der Waals surface area contributed by atoms with Crippen LogP contribution in [0.3, 0.4) is 0 Å². The number of hydrogen-bond donors (Lipinski definition) is 0. The number of hydrogen-bond acceptors (Lipinski definition) is 5. The molecule has 0 unspecified atom stereocenters. The van der Waals surface area contributed by atoms with Crippen molar-refractivity contribution in [1.29, 1.82) is 0 Å². The third kappa shape index (κ3) is 3.43. The van der Waals surface area contributed by atoms with Crippen LogP contribution >= 0.6 is 11.8 Å². The molecular weight excluding hydrogens is 331 g/mol. The Balaban J connectivity index is 1.83. The lowest BCUT2D eigenvalue weighted by Crippen LogP contribution is -1.99. The fourth-order valence-electron chi connectivity index (χ4n) is 2.23. The highest BCUT2D eigenvalue weighted by molar-refractivity contribution is 7.98. The van der Waals surface area contributed by atoms with E-state index in [1.165, 1.54) is 30.0 Å². The van der Waals surface area contributed by atoms with Crippen LogP contribution in [0.4, 0.5) is 10.1 Å². The van der Waals surface area contributed by atoms with E-state index in [9.17, 15) is 14.5 Å². The number of non-ortho nitro benzene ring substituents is 1. The Morgan fingerprint density at radius 3 is 2.67 bits per heavy atom. The molecule has 1 heterocycles. The number of thioether (sulfide) groups is 1. The van der Waals surface area contributed by atoms with Gasteiger partial charge in [-0.05, 0) is 36.8 Å². The summed E-state index contributed by atoms with van der Waals surface area (Å²) in [6, 6.07) is 12.5. The van der Waals surface area contributed by atoms with Crippen LogP contribution in [0, 0.1) is 22.9 Å². The third-order valence-electron chi connectivity index (χ3n) is 3.37. The van der Waals surface area contributed by atoms with Crippen molar-refractivity contribution < 1.29 is 9.31 Å². The molecule has 0 aliphatic heterocycles. The molecule has 3 rings (SSSR count). The van der Waals surface area contributed by atoms with Crippen molar-refractivity contribution in [3.05, 3.63) is 75.9 Å². The number of aromatic nitrogens is 3. The Kier molecular flexibility index (Phi) is 4.57. The third-order valence-corrected chi connectivity index (χ3v) is 4.37. The number of aryl methyl sites for hydroxylation is 1. The van der Waals surface area contributed by atoms with Gasteiger partial charge in [-0.2, -0.15) is 0 Å². The van der Waals surface area contributed by atoms with Gasteiger partial charge >= 0.3 is 0 Å². The molecule has 2 aromatic carbocycles. The van der Waals surface area contributed by atoms with E-state index in [2.05, 4.69) is 10.2 Å². The molecular formula is C16H13FN4O2S. The number of halogens is 1. The standard InChI is InChI=1S/C16H13FN4O2S/c1-11-18-19-16(20(11)14-7-5-13(17)6-8-14)24-10-12-3-2-4-15(9-12)21(22)23/h2-9H,10H2,1H3. The molecule has 0 amide bonds. The summed E-state index contributed by atoms with van der Waals surface area (Å²) in [4.78, 5) is 10.4. The van der Waals surface area contributed by atoms with Crippen LogP contribution in [-0.2, 0) is 5.75 Å². The Labute approximate surface area is 141 Å². The summed E-state index contributed by atoms with van der Waals surface area (Å²) in [6.45, 7) is 1.81. The average molecular weight is 344 g/mol. The second-order valence-electron chi connectivity index (χ2n) is 5.06. The molecule has 0 spiro atoms. The average Bonchev–Trinajstić information content (AvgIpc) is 2.95. The van der Waals surface area contributed by atoms with Crippen molar-refractivity contribution in [2.45, 2.75) is 17.8 Å². The SMILES string of the molecule is Cc1nnc(SCc2cccc([N+](=O)[O-])c2)n1-c1ccc(F)cc1. The smallest absolute Gasteiger partial charge is 0.269 e. The van der Waals surface area contributed by atoms with Crippen LogP contribution < -0.4 is 0 Å². The summed E-state index contributed by atoms with van der Waals surface area (Å²) in [5, 5.41) is 19.7. The second-order valence-corrected chi connectivity index (χ2v) is 6.00. The van der Waals surface area contributed by atoms with Gasteiger partial charge in [-0.1, -0.05) is 23.9 Å². The van der Waals surface area contributed by atoms with Gasteiger partial charge in [0, 0.05) is 23.6 Å². The van der Waals surface area contributed by atoms with Crippen LogP contribution in [0.25, 0.3) is 5.69 Å². The molecule has 0 radical (unpaired) electrons. The molecule has 3 aromatic rings. The summed E-state index contributed by atoms with van der Waals surface area (Å²) >= 11 is 1.41. The normalized spacial score (nSPS) is 10.8. The number of benzene rings is 2. The molecule has 8 heteroatoms. The van der Waals surface area contributed by atoms with Crippen molar-refractivity contribution in [2.75, 3.05) is 0 Å². The van der Waals surface area contributed by atoms with E-state index in [-0.39, 0.29) is 11.5 Å². The van der Waals surface area contributed by atoms with Gasteiger partial charge in [0.05, 0.1) is 4.92 Å². The molecule has 6 nitrogen and oxygen atoms in total. The van der Waals surface area contributed by atoms with Crippen molar-refractivity contribution in [3.63, 3.8) is 0 Å². The first-order valence-electron chi connectivity index (χ1n) is 7.08. The van der Waals surface area contributed by atoms with Crippen molar-refractivity contribution >= 4 is 17.4 Å². The minimum absolute atomic E-state index is 0.0595. The van der Waals surface area contributed by atoms with Crippen LogP contribution in [0.15, 0.2) is 53.7 Å². The first-order chi connectivity index (χ1) is 11.5. The minimum atomic E-state index is -0.417. The number of nitrogens with zero attached hydrogens (tertiary/aromatic N) is 4. The summed E-state index contributed by atoms with van der Waals surface area (Å²) in [5.74, 6) is 0.888. The number of nitro groups is 1. The van der Waals surface area contributed by atoms with Gasteiger partial charge in [-0.15, -0.1) is 10.2 Å². The summed E-state index contributed by atoms with van der Waals surface area (Å²) in [5.41, 5.74) is 1.64. The zero-order chi connectivity index (χ0) is 17.1. The lowest BCUT2D eigenvalue weighted by atomic mass is 10.2. The van der Waals surface area contributed by atoms with Gasteiger partial charge in [0.25, 0.3) is 5.69 Å². The fraction of sp³-hybridized carbons (Fsp3) is 0.125. The van der Waals surface area contributed by atoms with Gasteiger partial charge in [0.2, 0.25) is 0 Å². The summed E-state index contributed by atoms with van der Waals surface area (Å²) < 4.78 is 14.9. The monoisotopic (exact) mass is 344 g/mol. The minimum Gasteiger partial charge on any atom is -0.274 e. The highest BCUT2D eigenvalue weighted by Gasteiger charge is 2.13. The van der Waals surface area contributed by atoms with Crippen LogP contribution in [0.5, 0.6) is 0 Å². The number of rotatable bonds is 5. The number of nitro benzene ring substituents is 1. The molecule has 0 fully saturated rings. The van der Waals surface area contributed by atoms with Gasteiger partial charge in [0.1, 0.15) is 11.6 Å². The maximum atomic E-state index is 13.1. The molecule has 0 aliphatic rings. The summed E-state index contributed by atoms with van der Waals surface area (Å²) in [7, 11) is 0. The Bertz CT molecular complexity index is 880. The van der Waals surface area contributed by atoms with E-state index < -0.39 is 4.92 Å². The van der Waals surface area contributed by atoms with Crippen LogP contribution in [-0.4, -0.2) is 19.7 Å². The van der Waals surface area contributed by atoms with E-state index in [1.807, 2.05) is 17.6 Å². The van der Waals surface area contributed by atoms with Crippen LogP contribution in [0.2, 0.25) is 0 Å². The maximum Gasteiger partial charge on any atom is 0.269 e. The first kappa shape index (κ1) is 16.1. The highest BCUT2D eigenvalue weighted by atomic mass is 32.2. The Morgan fingerprint density at radius 1 is 1.21 bits per heavy atom. The van der Waals surface area contributed by atoms with Crippen molar-refractivity contribution in [2.24, 2.45) is 0 Å². The van der Waals surface area contributed by atoms with E-state index >= 15 is 0 Å². The zero-order valence-electron chi connectivity index (χ0n) is 12.7. The van der Waals surface area contributed by atoms with Gasteiger partial charge in [-0.25, -0.2) is 4.39 Å². The molecule has 0 N–H and O–H groups in total. The van der Waals surface area contributed by atoms with Crippen molar-refractivity contribution in [3.8, 4) is 5.69 Å². The predicted molar refractivity (Wildman–Crippen MR) is 88.7 cm³/mol. The van der Waals surface area contributed by atoms with Crippen LogP contribution in [0.1, 0.15) is 11.4 Å². The molecule has 122 valence electrons. The molecule has 0 saturated carbocycles. The maximum absolute atomic E-state index is 13.1. The van der Waals surface area contributed by atoms with Gasteiger partial charge in [0.15, 0.2) is 5.16 Å². The summed E-state index contributed by atoms with van der Waals surface area (Å²) in [6.07, 6.45) is 0. The van der Waals surface area contributed by atoms with Gasteiger partial charge < -0.3 is 0 Å². The predicted octanol–water partition coefficient (Wildman–Crippen LogP) is 3.92. The Hall–Kier alpha value is -2.74. The van der Waals surface area contributed by atoms with Crippen molar-refractivity contribution in [1.82, 2.24) is 14.8 Å². The molecule has 0 atom stereocenters. The first-order valence-corrected chi connectivity index (χ1v) is 8.07. The topological polar surface area (TPSA) is 73.8 Å². The molecule has 0 aliphatic carbocycles. The second kappa shape index (κ2) is 6.79. The lowest BCUT2D eigenvalue weighted by molar-refractivity contribution is -0.384.